The number of piperazine rings is 1. The summed E-state index contributed by atoms with van der Waals surface area (Å²) >= 11 is 0. The van der Waals surface area contributed by atoms with Crippen molar-refractivity contribution < 1.29 is 9.47 Å². The molecular formula is C26H26N6O2. The molecule has 0 spiro atoms. The molecule has 1 fully saturated rings. The fourth-order valence-electron chi connectivity index (χ4n) is 4.50. The van der Waals surface area contributed by atoms with Crippen molar-refractivity contribution in [2.45, 2.75) is 6.54 Å². The highest BCUT2D eigenvalue weighted by molar-refractivity contribution is 5.83. The van der Waals surface area contributed by atoms with Crippen LogP contribution in [0.5, 0.6) is 11.5 Å². The Labute approximate surface area is 198 Å². The zero-order valence-electron chi connectivity index (χ0n) is 18.9. The van der Waals surface area contributed by atoms with Crippen molar-refractivity contribution in [2.24, 2.45) is 0 Å². The maximum Gasteiger partial charge on any atom is 0.231 e. The summed E-state index contributed by atoms with van der Waals surface area (Å²) in [6.07, 6.45) is 7.92. The highest BCUT2D eigenvalue weighted by Crippen LogP contribution is 2.33. The van der Waals surface area contributed by atoms with E-state index in [1.54, 1.807) is 6.33 Å². The van der Waals surface area contributed by atoms with Crippen LogP contribution >= 0.6 is 0 Å². The minimum absolute atomic E-state index is 0.278. The fourth-order valence-corrected chi connectivity index (χ4v) is 4.50. The molecule has 0 N–H and O–H groups in total. The van der Waals surface area contributed by atoms with Gasteiger partial charge in [0.25, 0.3) is 0 Å². The lowest BCUT2D eigenvalue weighted by molar-refractivity contribution is 0.174. The van der Waals surface area contributed by atoms with Gasteiger partial charge in [0.2, 0.25) is 6.79 Å². The molecule has 0 radical (unpaired) electrons. The molecule has 34 heavy (non-hydrogen) atoms. The molecule has 8 nitrogen and oxygen atoms in total. The van der Waals surface area contributed by atoms with Crippen LogP contribution in [0.25, 0.3) is 17.2 Å². The molecule has 0 amide bonds. The maximum atomic E-state index is 5.51. The van der Waals surface area contributed by atoms with E-state index in [9.17, 15) is 0 Å². The minimum Gasteiger partial charge on any atom is -0.454 e. The minimum atomic E-state index is 0.278. The van der Waals surface area contributed by atoms with Gasteiger partial charge in [-0.2, -0.15) is 0 Å². The quantitative estimate of drug-likeness (QED) is 0.442. The van der Waals surface area contributed by atoms with Gasteiger partial charge < -0.3 is 18.9 Å². The van der Waals surface area contributed by atoms with Crippen LogP contribution in [0.2, 0.25) is 0 Å². The Morgan fingerprint density at radius 3 is 2.62 bits per heavy atom. The van der Waals surface area contributed by atoms with E-state index in [0.717, 1.165) is 66.8 Å². The number of benzene rings is 2. The van der Waals surface area contributed by atoms with Gasteiger partial charge in [0.1, 0.15) is 6.33 Å². The molecule has 0 saturated carbocycles. The van der Waals surface area contributed by atoms with E-state index in [-0.39, 0.29) is 6.79 Å². The Balaban J connectivity index is 1.12. The summed E-state index contributed by atoms with van der Waals surface area (Å²) in [4.78, 5) is 18.6. The second kappa shape index (κ2) is 9.15. The van der Waals surface area contributed by atoms with Crippen molar-refractivity contribution >= 4 is 23.1 Å². The number of ether oxygens (including phenoxy) is 2. The standard InChI is InChI=1S/C26H26N6O2/c1-2-5-20(6-3-1)7-4-10-30-11-13-31(14-12-30)25-24-26(28-17-27-25)32(18-29-24)16-21-8-9-22-23(15-21)34-19-33-22/h1-9,15,17-18H,10-14,16,19H2. The number of fused-ring (bicyclic) bond motifs is 2. The summed E-state index contributed by atoms with van der Waals surface area (Å²) in [6, 6.07) is 16.4. The Kier molecular flexibility index (Phi) is 5.56. The van der Waals surface area contributed by atoms with Crippen LogP contribution in [0.1, 0.15) is 11.1 Å². The number of hydrogen-bond acceptors (Lipinski definition) is 7. The number of imidazole rings is 1. The van der Waals surface area contributed by atoms with Crippen LogP contribution in [0.3, 0.4) is 0 Å². The molecule has 1 saturated heterocycles. The third kappa shape index (κ3) is 4.20. The topological polar surface area (TPSA) is 68.5 Å². The molecule has 2 aliphatic heterocycles. The van der Waals surface area contributed by atoms with Crippen LogP contribution in [0.15, 0.2) is 67.3 Å². The first-order valence-electron chi connectivity index (χ1n) is 11.6. The second-order valence-electron chi connectivity index (χ2n) is 8.53. The van der Waals surface area contributed by atoms with Crippen molar-refractivity contribution in [3.63, 3.8) is 0 Å². The van der Waals surface area contributed by atoms with Crippen molar-refractivity contribution in [3.05, 3.63) is 78.4 Å². The Morgan fingerprint density at radius 1 is 0.882 bits per heavy atom. The zero-order chi connectivity index (χ0) is 22.7. The molecule has 0 bridgehead atoms. The molecule has 2 aromatic heterocycles. The summed E-state index contributed by atoms with van der Waals surface area (Å²) < 4.78 is 13.0. The third-order valence-electron chi connectivity index (χ3n) is 6.32. The average Bonchev–Trinajstić information content (AvgIpc) is 3.52. The lowest BCUT2D eigenvalue weighted by atomic mass is 10.2. The molecule has 2 aliphatic rings. The van der Waals surface area contributed by atoms with Gasteiger partial charge in [0.15, 0.2) is 28.5 Å². The van der Waals surface area contributed by atoms with Gasteiger partial charge in [0.05, 0.1) is 12.9 Å². The Morgan fingerprint density at radius 2 is 1.74 bits per heavy atom. The first-order chi connectivity index (χ1) is 16.8. The van der Waals surface area contributed by atoms with Crippen molar-refractivity contribution in [1.82, 2.24) is 24.4 Å². The van der Waals surface area contributed by atoms with E-state index in [0.29, 0.717) is 6.54 Å². The summed E-state index contributed by atoms with van der Waals surface area (Å²) in [5.41, 5.74) is 4.04. The molecule has 4 aromatic rings. The van der Waals surface area contributed by atoms with Crippen LogP contribution in [0.4, 0.5) is 5.82 Å². The van der Waals surface area contributed by atoms with E-state index >= 15 is 0 Å². The van der Waals surface area contributed by atoms with E-state index in [4.69, 9.17) is 9.47 Å². The maximum absolute atomic E-state index is 5.51. The molecule has 172 valence electrons. The molecule has 0 atom stereocenters. The summed E-state index contributed by atoms with van der Waals surface area (Å²) in [5.74, 6) is 2.49. The predicted molar refractivity (Wildman–Crippen MR) is 131 cm³/mol. The van der Waals surface area contributed by atoms with Crippen molar-refractivity contribution in [3.8, 4) is 11.5 Å². The van der Waals surface area contributed by atoms with Crippen LogP contribution in [-0.4, -0.2) is 63.9 Å². The average molecular weight is 455 g/mol. The first kappa shape index (κ1) is 20.7. The molecule has 8 heteroatoms. The third-order valence-corrected chi connectivity index (χ3v) is 6.32. The molecule has 0 aliphatic carbocycles. The summed E-state index contributed by atoms with van der Waals surface area (Å²) in [5, 5.41) is 0. The fraction of sp³-hybridized carbons (Fsp3) is 0.269. The van der Waals surface area contributed by atoms with Gasteiger partial charge >= 0.3 is 0 Å². The highest BCUT2D eigenvalue weighted by Gasteiger charge is 2.21. The number of hydrogen-bond donors (Lipinski definition) is 0. The largest absolute Gasteiger partial charge is 0.454 e. The lowest BCUT2D eigenvalue weighted by Crippen LogP contribution is -2.46. The Hall–Kier alpha value is -3.91. The van der Waals surface area contributed by atoms with Crippen LogP contribution in [0, 0.1) is 0 Å². The lowest BCUT2D eigenvalue weighted by Gasteiger charge is -2.34. The van der Waals surface area contributed by atoms with E-state index in [1.165, 1.54) is 5.56 Å². The number of nitrogens with zero attached hydrogens (tertiary/aromatic N) is 6. The van der Waals surface area contributed by atoms with E-state index < -0.39 is 0 Å². The first-order valence-corrected chi connectivity index (χ1v) is 11.6. The van der Waals surface area contributed by atoms with Gasteiger partial charge in [-0.15, -0.1) is 0 Å². The summed E-state index contributed by atoms with van der Waals surface area (Å²) in [6.45, 7) is 5.70. The summed E-state index contributed by atoms with van der Waals surface area (Å²) in [7, 11) is 0. The van der Waals surface area contributed by atoms with Crippen molar-refractivity contribution in [1.29, 1.82) is 0 Å². The van der Waals surface area contributed by atoms with Gasteiger partial charge in [-0.3, -0.25) is 4.90 Å². The molecule has 0 unspecified atom stereocenters. The SMILES string of the molecule is C(=Cc1ccccc1)CN1CCN(c2ncnc3c2ncn3Cc2ccc3c(c2)OCO3)CC1. The molecular weight excluding hydrogens is 428 g/mol. The van der Waals surface area contributed by atoms with Gasteiger partial charge in [-0.05, 0) is 23.3 Å². The smallest absolute Gasteiger partial charge is 0.231 e. The van der Waals surface area contributed by atoms with Gasteiger partial charge in [-0.25, -0.2) is 15.0 Å². The number of anilines is 1. The van der Waals surface area contributed by atoms with Crippen LogP contribution in [-0.2, 0) is 6.54 Å². The molecule has 4 heterocycles. The monoisotopic (exact) mass is 454 g/mol. The van der Waals surface area contributed by atoms with Gasteiger partial charge in [0, 0.05) is 32.7 Å². The molecule has 6 rings (SSSR count). The second-order valence-corrected chi connectivity index (χ2v) is 8.53. The van der Waals surface area contributed by atoms with Gasteiger partial charge in [-0.1, -0.05) is 48.6 Å². The number of aromatic nitrogens is 4. The van der Waals surface area contributed by atoms with Crippen molar-refractivity contribution in [2.75, 3.05) is 44.4 Å². The van der Waals surface area contributed by atoms with E-state index in [2.05, 4.69) is 65.7 Å². The predicted octanol–water partition coefficient (Wildman–Crippen LogP) is 3.44. The highest BCUT2D eigenvalue weighted by atomic mass is 16.7. The Bertz CT molecular complexity index is 1310. The molecule has 2 aromatic carbocycles. The normalized spacial score (nSPS) is 16.1. The van der Waals surface area contributed by atoms with Crippen LogP contribution < -0.4 is 14.4 Å². The zero-order valence-corrected chi connectivity index (χ0v) is 18.9. The van der Waals surface area contributed by atoms with E-state index in [1.807, 2.05) is 30.6 Å². The number of rotatable bonds is 6.